The maximum absolute atomic E-state index is 6.47. The zero-order valence-electron chi connectivity index (χ0n) is 12.5. The molecule has 1 aromatic carbocycles. The Morgan fingerprint density at radius 2 is 2.05 bits per heavy atom. The van der Waals surface area contributed by atoms with Crippen molar-refractivity contribution in [3.05, 3.63) is 49.9 Å². The van der Waals surface area contributed by atoms with E-state index in [0.29, 0.717) is 0 Å². The fourth-order valence-corrected chi connectivity index (χ4v) is 3.52. The summed E-state index contributed by atoms with van der Waals surface area (Å²) in [4.78, 5) is 5.94. The van der Waals surface area contributed by atoms with E-state index >= 15 is 0 Å². The summed E-state index contributed by atoms with van der Waals surface area (Å²) in [6.45, 7) is 9.27. The van der Waals surface area contributed by atoms with Crippen LogP contribution in [0.4, 0.5) is 0 Å². The Labute approximate surface area is 130 Å². The summed E-state index contributed by atoms with van der Waals surface area (Å²) in [5.74, 6) is 0. The Morgan fingerprint density at radius 1 is 1.30 bits per heavy atom. The van der Waals surface area contributed by atoms with Crippen LogP contribution in [0.1, 0.15) is 39.7 Å². The van der Waals surface area contributed by atoms with Crippen LogP contribution in [-0.4, -0.2) is 11.5 Å². The van der Waals surface area contributed by atoms with Crippen molar-refractivity contribution in [3.8, 4) is 0 Å². The van der Waals surface area contributed by atoms with Crippen LogP contribution < -0.4 is 5.32 Å². The first-order valence-corrected chi connectivity index (χ1v) is 8.13. The van der Waals surface area contributed by atoms with Crippen molar-refractivity contribution in [2.45, 2.75) is 40.2 Å². The van der Waals surface area contributed by atoms with Crippen LogP contribution in [0.3, 0.4) is 0 Å². The van der Waals surface area contributed by atoms with Gasteiger partial charge in [-0.2, -0.15) is 0 Å². The summed E-state index contributed by atoms with van der Waals surface area (Å²) >= 11 is 8.25. The summed E-state index contributed by atoms with van der Waals surface area (Å²) in [7, 11) is 0. The highest BCUT2D eigenvalue weighted by molar-refractivity contribution is 7.11. The second-order valence-electron chi connectivity index (χ2n) is 5.04. The smallest absolute Gasteiger partial charge is 0.0949 e. The van der Waals surface area contributed by atoms with E-state index in [-0.39, 0.29) is 6.04 Å². The number of hydrogen-bond donors (Lipinski definition) is 1. The molecule has 1 N–H and O–H groups in total. The van der Waals surface area contributed by atoms with Crippen molar-refractivity contribution in [1.29, 1.82) is 0 Å². The number of halogens is 1. The third kappa shape index (κ3) is 3.40. The number of nitrogens with zero attached hydrogens (tertiary/aromatic N) is 1. The van der Waals surface area contributed by atoms with Crippen molar-refractivity contribution in [2.75, 3.05) is 6.54 Å². The minimum atomic E-state index is 0.220. The fourth-order valence-electron chi connectivity index (χ4n) is 2.28. The van der Waals surface area contributed by atoms with Crippen LogP contribution in [0.5, 0.6) is 0 Å². The summed E-state index contributed by atoms with van der Waals surface area (Å²) in [5, 5.41) is 5.56. The standard InChI is InChI=1S/C16H21ClN2S/c1-5-18-14(9-15-19-11(3)12(4)20-15)13-8-6-7-10(2)16(13)17/h6-8,14,18H,5,9H2,1-4H3. The van der Waals surface area contributed by atoms with Crippen LogP contribution >= 0.6 is 22.9 Å². The van der Waals surface area contributed by atoms with Crippen LogP contribution in [0, 0.1) is 20.8 Å². The monoisotopic (exact) mass is 308 g/mol. The number of nitrogens with one attached hydrogen (secondary N) is 1. The van der Waals surface area contributed by atoms with E-state index in [2.05, 4.69) is 43.2 Å². The molecule has 0 aliphatic heterocycles. The lowest BCUT2D eigenvalue weighted by Gasteiger charge is -2.19. The van der Waals surface area contributed by atoms with Gasteiger partial charge in [0.1, 0.15) is 0 Å². The molecule has 4 heteroatoms. The number of benzene rings is 1. The van der Waals surface area contributed by atoms with Gasteiger partial charge in [-0.05, 0) is 38.4 Å². The molecule has 1 aromatic heterocycles. The lowest BCUT2D eigenvalue weighted by Crippen LogP contribution is -2.23. The van der Waals surface area contributed by atoms with Gasteiger partial charge in [-0.3, -0.25) is 0 Å². The number of hydrogen-bond acceptors (Lipinski definition) is 3. The largest absolute Gasteiger partial charge is 0.310 e. The maximum Gasteiger partial charge on any atom is 0.0949 e. The molecule has 2 nitrogen and oxygen atoms in total. The van der Waals surface area contributed by atoms with E-state index in [1.807, 2.05) is 13.0 Å². The topological polar surface area (TPSA) is 24.9 Å². The Balaban J connectivity index is 2.29. The third-order valence-electron chi connectivity index (χ3n) is 3.50. The molecule has 2 aromatic rings. The van der Waals surface area contributed by atoms with E-state index in [9.17, 15) is 0 Å². The average Bonchev–Trinajstić information content (AvgIpc) is 2.71. The number of aryl methyl sites for hydroxylation is 3. The normalized spacial score (nSPS) is 12.7. The molecule has 0 spiro atoms. The van der Waals surface area contributed by atoms with E-state index in [0.717, 1.165) is 29.2 Å². The second kappa shape index (κ2) is 6.70. The molecule has 0 saturated carbocycles. The molecular weight excluding hydrogens is 288 g/mol. The van der Waals surface area contributed by atoms with E-state index in [4.69, 9.17) is 11.6 Å². The molecule has 0 radical (unpaired) electrons. The van der Waals surface area contributed by atoms with E-state index in [1.54, 1.807) is 11.3 Å². The summed E-state index contributed by atoms with van der Waals surface area (Å²) in [6, 6.07) is 6.44. The SMILES string of the molecule is CCNC(Cc1nc(C)c(C)s1)c1cccc(C)c1Cl. The minimum Gasteiger partial charge on any atom is -0.310 e. The van der Waals surface area contributed by atoms with Crippen molar-refractivity contribution in [3.63, 3.8) is 0 Å². The van der Waals surface area contributed by atoms with Gasteiger partial charge in [0.2, 0.25) is 0 Å². The van der Waals surface area contributed by atoms with E-state index < -0.39 is 0 Å². The summed E-state index contributed by atoms with van der Waals surface area (Å²) < 4.78 is 0. The average molecular weight is 309 g/mol. The minimum absolute atomic E-state index is 0.220. The number of thiazole rings is 1. The molecule has 0 aliphatic carbocycles. The molecule has 0 fully saturated rings. The van der Waals surface area contributed by atoms with Crippen molar-refractivity contribution < 1.29 is 0 Å². The van der Waals surface area contributed by atoms with Gasteiger partial charge in [-0.25, -0.2) is 4.98 Å². The van der Waals surface area contributed by atoms with Gasteiger partial charge >= 0.3 is 0 Å². The fraction of sp³-hybridized carbons (Fsp3) is 0.438. The first kappa shape index (κ1) is 15.5. The predicted molar refractivity (Wildman–Crippen MR) is 87.9 cm³/mol. The third-order valence-corrected chi connectivity index (χ3v) is 5.11. The van der Waals surface area contributed by atoms with Gasteiger partial charge in [-0.15, -0.1) is 11.3 Å². The Bertz CT molecular complexity index is 573. The highest BCUT2D eigenvalue weighted by atomic mass is 35.5. The molecule has 1 atom stereocenters. The van der Waals surface area contributed by atoms with Crippen molar-refractivity contribution in [1.82, 2.24) is 10.3 Å². The Morgan fingerprint density at radius 3 is 2.65 bits per heavy atom. The zero-order chi connectivity index (χ0) is 14.7. The lowest BCUT2D eigenvalue weighted by molar-refractivity contribution is 0.548. The highest BCUT2D eigenvalue weighted by Crippen LogP contribution is 2.29. The van der Waals surface area contributed by atoms with E-state index in [1.165, 1.54) is 15.4 Å². The summed E-state index contributed by atoms with van der Waals surface area (Å²) in [6.07, 6.45) is 0.885. The van der Waals surface area contributed by atoms with Gasteiger partial charge in [0.25, 0.3) is 0 Å². The maximum atomic E-state index is 6.47. The van der Waals surface area contributed by atoms with Crippen LogP contribution in [0.25, 0.3) is 0 Å². The van der Waals surface area contributed by atoms with Crippen LogP contribution in [0.2, 0.25) is 5.02 Å². The first-order chi connectivity index (χ1) is 9.52. The highest BCUT2D eigenvalue weighted by Gasteiger charge is 2.17. The second-order valence-corrected chi connectivity index (χ2v) is 6.71. The molecule has 1 heterocycles. The molecular formula is C16H21ClN2S. The zero-order valence-corrected chi connectivity index (χ0v) is 14.0. The molecule has 0 saturated heterocycles. The molecule has 20 heavy (non-hydrogen) atoms. The number of rotatable bonds is 5. The number of likely N-dealkylation sites (N-methyl/N-ethyl adjacent to an activating group) is 1. The van der Waals surface area contributed by atoms with Crippen molar-refractivity contribution in [2.24, 2.45) is 0 Å². The Kier molecular flexibility index (Phi) is 5.19. The molecule has 1 unspecified atom stereocenters. The summed E-state index contributed by atoms with van der Waals surface area (Å²) in [5.41, 5.74) is 3.42. The lowest BCUT2D eigenvalue weighted by atomic mass is 10.0. The number of aromatic nitrogens is 1. The van der Waals surface area contributed by atoms with Gasteiger partial charge < -0.3 is 5.32 Å². The molecule has 0 aliphatic rings. The molecule has 0 amide bonds. The van der Waals surface area contributed by atoms with Gasteiger partial charge in [0, 0.05) is 22.4 Å². The molecule has 0 bridgehead atoms. The predicted octanol–water partition coefficient (Wildman–Crippen LogP) is 4.62. The first-order valence-electron chi connectivity index (χ1n) is 6.94. The van der Waals surface area contributed by atoms with Crippen LogP contribution in [-0.2, 0) is 6.42 Å². The van der Waals surface area contributed by atoms with Gasteiger partial charge in [0.05, 0.1) is 10.7 Å². The molecule has 2 rings (SSSR count). The van der Waals surface area contributed by atoms with Crippen molar-refractivity contribution >= 4 is 22.9 Å². The van der Waals surface area contributed by atoms with Gasteiger partial charge in [0.15, 0.2) is 0 Å². The van der Waals surface area contributed by atoms with Crippen LogP contribution in [0.15, 0.2) is 18.2 Å². The van der Waals surface area contributed by atoms with Gasteiger partial charge in [-0.1, -0.05) is 36.7 Å². The molecule has 108 valence electrons. The quantitative estimate of drug-likeness (QED) is 0.872. The Hall–Kier alpha value is -0.900.